The van der Waals surface area contributed by atoms with Crippen molar-refractivity contribution in [2.45, 2.75) is 6.54 Å². The van der Waals surface area contributed by atoms with E-state index in [0.29, 0.717) is 11.8 Å². The maximum atomic E-state index is 13.0. The molecule has 1 aromatic carbocycles. The Hall–Kier alpha value is -2.30. The number of hydrogen-bond donors (Lipinski definition) is 0. The summed E-state index contributed by atoms with van der Waals surface area (Å²) in [5, 5.41) is 0. The van der Waals surface area contributed by atoms with E-state index < -0.39 is 17.2 Å². The molecule has 0 saturated carbocycles. The van der Waals surface area contributed by atoms with Crippen LogP contribution in [0.1, 0.15) is 15.9 Å². The van der Waals surface area contributed by atoms with Crippen LogP contribution < -0.4 is 5.56 Å². The van der Waals surface area contributed by atoms with Crippen molar-refractivity contribution in [3.63, 3.8) is 0 Å². The average Bonchev–Trinajstić information content (AvgIpc) is 2.36. The van der Waals surface area contributed by atoms with Crippen molar-refractivity contribution in [2.75, 3.05) is 0 Å². The zero-order valence-electron chi connectivity index (χ0n) is 9.27. The predicted octanol–water partition coefficient (Wildman–Crippen LogP) is 1.99. The summed E-state index contributed by atoms with van der Waals surface area (Å²) >= 11 is 0. The molecule has 18 heavy (non-hydrogen) atoms. The van der Waals surface area contributed by atoms with Crippen molar-refractivity contribution in [1.82, 2.24) is 4.57 Å². The average molecular weight is 249 g/mol. The van der Waals surface area contributed by atoms with E-state index in [-0.39, 0.29) is 12.1 Å². The lowest BCUT2D eigenvalue weighted by atomic mass is 10.2. The highest BCUT2D eigenvalue weighted by Gasteiger charge is 2.05. The zero-order chi connectivity index (χ0) is 13.1. The molecule has 0 bridgehead atoms. The van der Waals surface area contributed by atoms with Crippen LogP contribution in [0.2, 0.25) is 0 Å². The zero-order valence-corrected chi connectivity index (χ0v) is 9.27. The second kappa shape index (κ2) is 4.91. The third-order valence-electron chi connectivity index (χ3n) is 2.51. The van der Waals surface area contributed by atoms with Gasteiger partial charge in [-0.3, -0.25) is 9.59 Å². The lowest BCUT2D eigenvalue weighted by molar-refractivity contribution is 0.112. The standard InChI is InChI=1S/C13H9F2NO2/c14-11-4-3-9(6-12(11)15)7-16-5-1-2-10(8-17)13(16)18/h1-6,8H,7H2. The Bertz CT molecular complexity index is 650. The quantitative estimate of drug-likeness (QED) is 0.780. The fourth-order valence-electron chi connectivity index (χ4n) is 1.60. The van der Waals surface area contributed by atoms with Gasteiger partial charge in [0.15, 0.2) is 17.9 Å². The van der Waals surface area contributed by atoms with Gasteiger partial charge in [0.25, 0.3) is 5.56 Å². The van der Waals surface area contributed by atoms with Crippen molar-refractivity contribution >= 4 is 6.29 Å². The molecule has 0 unspecified atom stereocenters. The lowest BCUT2D eigenvalue weighted by Crippen LogP contribution is -2.23. The Morgan fingerprint density at radius 3 is 2.61 bits per heavy atom. The van der Waals surface area contributed by atoms with Crippen LogP contribution >= 0.6 is 0 Å². The second-order valence-corrected chi connectivity index (χ2v) is 3.76. The Labute approximate surface area is 101 Å². The number of pyridine rings is 1. The molecule has 0 aliphatic heterocycles. The molecule has 0 atom stereocenters. The molecule has 0 spiro atoms. The first-order valence-electron chi connectivity index (χ1n) is 5.20. The Morgan fingerprint density at radius 1 is 1.17 bits per heavy atom. The Kier molecular flexibility index (Phi) is 3.32. The van der Waals surface area contributed by atoms with Crippen LogP contribution in [0.5, 0.6) is 0 Å². The molecule has 0 radical (unpaired) electrons. The van der Waals surface area contributed by atoms with Gasteiger partial charge in [0, 0.05) is 6.20 Å². The molecule has 0 amide bonds. The number of benzene rings is 1. The highest BCUT2D eigenvalue weighted by Crippen LogP contribution is 2.09. The van der Waals surface area contributed by atoms with E-state index >= 15 is 0 Å². The third kappa shape index (κ3) is 2.34. The minimum absolute atomic E-state index is 0.0279. The van der Waals surface area contributed by atoms with Crippen LogP contribution in [0.3, 0.4) is 0 Å². The highest BCUT2D eigenvalue weighted by atomic mass is 19.2. The maximum absolute atomic E-state index is 13.0. The molecule has 2 aromatic rings. The summed E-state index contributed by atoms with van der Waals surface area (Å²) in [5.41, 5.74) is 0.0105. The fourth-order valence-corrected chi connectivity index (χ4v) is 1.60. The van der Waals surface area contributed by atoms with E-state index in [9.17, 15) is 18.4 Å². The second-order valence-electron chi connectivity index (χ2n) is 3.76. The predicted molar refractivity (Wildman–Crippen MR) is 61.5 cm³/mol. The van der Waals surface area contributed by atoms with Crippen LogP contribution in [0, 0.1) is 11.6 Å². The molecular weight excluding hydrogens is 240 g/mol. The summed E-state index contributed by atoms with van der Waals surface area (Å²) in [7, 11) is 0. The van der Waals surface area contributed by atoms with Gasteiger partial charge in [0.2, 0.25) is 0 Å². The highest BCUT2D eigenvalue weighted by molar-refractivity contribution is 5.73. The lowest BCUT2D eigenvalue weighted by Gasteiger charge is -2.06. The summed E-state index contributed by atoms with van der Waals surface area (Å²) in [4.78, 5) is 22.3. The molecule has 3 nitrogen and oxygen atoms in total. The maximum Gasteiger partial charge on any atom is 0.261 e. The molecule has 0 aliphatic rings. The summed E-state index contributed by atoms with van der Waals surface area (Å²) in [6.07, 6.45) is 1.95. The largest absolute Gasteiger partial charge is 0.310 e. The van der Waals surface area contributed by atoms with Crippen LogP contribution in [-0.2, 0) is 6.54 Å². The van der Waals surface area contributed by atoms with Gasteiger partial charge in [-0.2, -0.15) is 0 Å². The van der Waals surface area contributed by atoms with Gasteiger partial charge in [0.1, 0.15) is 0 Å². The van der Waals surface area contributed by atoms with E-state index in [2.05, 4.69) is 0 Å². The molecular formula is C13H9F2NO2. The number of hydrogen-bond acceptors (Lipinski definition) is 2. The third-order valence-corrected chi connectivity index (χ3v) is 2.51. The molecule has 92 valence electrons. The summed E-state index contributed by atoms with van der Waals surface area (Å²) < 4.78 is 27.0. The first-order chi connectivity index (χ1) is 8.61. The van der Waals surface area contributed by atoms with Crippen LogP contribution in [0.25, 0.3) is 0 Å². The molecule has 5 heteroatoms. The number of carbonyl (C=O) groups excluding carboxylic acids is 1. The summed E-state index contributed by atoms with van der Waals surface area (Å²) in [6.45, 7) is 0.0811. The van der Waals surface area contributed by atoms with E-state index in [1.54, 1.807) is 6.07 Å². The minimum Gasteiger partial charge on any atom is -0.310 e. The van der Waals surface area contributed by atoms with Crippen LogP contribution in [0.15, 0.2) is 41.3 Å². The van der Waals surface area contributed by atoms with E-state index in [4.69, 9.17) is 0 Å². The number of rotatable bonds is 3. The number of aromatic nitrogens is 1. The van der Waals surface area contributed by atoms with Crippen molar-refractivity contribution < 1.29 is 13.6 Å². The minimum atomic E-state index is -0.966. The van der Waals surface area contributed by atoms with Gasteiger partial charge < -0.3 is 4.57 Å². The van der Waals surface area contributed by atoms with Gasteiger partial charge in [-0.05, 0) is 29.8 Å². The first kappa shape index (κ1) is 12.2. The Balaban J connectivity index is 2.37. The monoisotopic (exact) mass is 249 g/mol. The number of aldehydes is 1. The smallest absolute Gasteiger partial charge is 0.261 e. The van der Waals surface area contributed by atoms with Gasteiger partial charge >= 0.3 is 0 Å². The topological polar surface area (TPSA) is 39.1 Å². The molecule has 1 heterocycles. The van der Waals surface area contributed by atoms with Crippen molar-refractivity contribution in [1.29, 1.82) is 0 Å². The number of carbonyl (C=O) groups is 1. The van der Waals surface area contributed by atoms with E-state index in [1.807, 2.05) is 0 Å². The molecule has 0 fully saturated rings. The SMILES string of the molecule is O=Cc1cccn(Cc2ccc(F)c(F)c2)c1=O. The normalized spacial score (nSPS) is 10.3. The van der Waals surface area contributed by atoms with Gasteiger partial charge in [-0.1, -0.05) is 6.07 Å². The molecule has 1 aromatic heterocycles. The van der Waals surface area contributed by atoms with Crippen LogP contribution in [-0.4, -0.2) is 10.9 Å². The first-order valence-corrected chi connectivity index (χ1v) is 5.20. The van der Waals surface area contributed by atoms with Gasteiger partial charge in [-0.15, -0.1) is 0 Å². The van der Waals surface area contributed by atoms with Crippen molar-refractivity contribution in [2.24, 2.45) is 0 Å². The Morgan fingerprint density at radius 2 is 1.94 bits per heavy atom. The van der Waals surface area contributed by atoms with Gasteiger partial charge in [0.05, 0.1) is 12.1 Å². The van der Waals surface area contributed by atoms with Gasteiger partial charge in [-0.25, -0.2) is 8.78 Å². The molecule has 0 aliphatic carbocycles. The van der Waals surface area contributed by atoms with Crippen molar-refractivity contribution in [3.8, 4) is 0 Å². The van der Waals surface area contributed by atoms with Crippen molar-refractivity contribution in [3.05, 3.63) is 69.6 Å². The molecule has 0 saturated heterocycles. The van der Waals surface area contributed by atoms with E-state index in [0.717, 1.165) is 12.1 Å². The summed E-state index contributed by atoms with van der Waals surface area (Å²) in [6, 6.07) is 6.36. The summed E-state index contributed by atoms with van der Waals surface area (Å²) in [5.74, 6) is -1.90. The van der Waals surface area contributed by atoms with E-state index in [1.165, 1.54) is 22.9 Å². The van der Waals surface area contributed by atoms with Crippen LogP contribution in [0.4, 0.5) is 8.78 Å². The molecule has 2 rings (SSSR count). The number of nitrogens with zero attached hydrogens (tertiary/aromatic N) is 1. The number of halogens is 2. The molecule has 0 N–H and O–H groups in total. The fraction of sp³-hybridized carbons (Fsp3) is 0.0769.